The van der Waals surface area contributed by atoms with Crippen LogP contribution in [0.1, 0.15) is 26.5 Å². The number of hydrazine groups is 1. The smallest absolute Gasteiger partial charge is 0.261 e. The van der Waals surface area contributed by atoms with Crippen molar-refractivity contribution in [3.8, 4) is 10.6 Å². The van der Waals surface area contributed by atoms with E-state index in [0.717, 1.165) is 5.56 Å². The highest BCUT2D eigenvalue weighted by atomic mass is 32.1. The van der Waals surface area contributed by atoms with Crippen molar-refractivity contribution in [1.29, 1.82) is 0 Å². The van der Waals surface area contributed by atoms with Crippen molar-refractivity contribution >= 4 is 29.1 Å². The third-order valence-electron chi connectivity index (χ3n) is 3.62. The minimum Gasteiger partial charge on any atom is -0.344 e. The minimum absolute atomic E-state index is 0.0234. The van der Waals surface area contributed by atoms with E-state index in [2.05, 4.69) is 21.2 Å². The molecule has 2 aromatic rings. The number of rotatable bonds is 6. The van der Waals surface area contributed by atoms with Crippen molar-refractivity contribution in [3.63, 3.8) is 0 Å². The summed E-state index contributed by atoms with van der Waals surface area (Å²) in [6, 6.07) is 5.18. The summed E-state index contributed by atoms with van der Waals surface area (Å²) in [6.45, 7) is 4.89. The first-order valence-electron chi connectivity index (χ1n) is 8.32. The lowest BCUT2D eigenvalue weighted by Gasteiger charge is -2.20. The number of nitrogens with zero attached hydrogens (tertiary/aromatic N) is 1. The third kappa shape index (κ3) is 6.14. The summed E-state index contributed by atoms with van der Waals surface area (Å²) in [4.78, 5) is 39.7. The van der Waals surface area contributed by atoms with E-state index < -0.39 is 17.9 Å². The molecule has 0 aliphatic heterocycles. The van der Waals surface area contributed by atoms with Gasteiger partial charge in [-0.25, -0.2) is 9.37 Å². The average Bonchev–Trinajstić information content (AvgIpc) is 3.06. The number of carbonyl (C=O) groups excluding carboxylic acids is 3. The molecular weight excluding hydrogens is 371 g/mol. The summed E-state index contributed by atoms with van der Waals surface area (Å²) in [5.74, 6) is -1.73. The quantitative estimate of drug-likeness (QED) is 0.653. The van der Waals surface area contributed by atoms with Gasteiger partial charge in [-0.3, -0.25) is 25.2 Å². The Morgan fingerprint density at radius 1 is 1.15 bits per heavy atom. The second-order valence-corrected chi connectivity index (χ2v) is 7.15. The Hall–Kier alpha value is -2.81. The summed E-state index contributed by atoms with van der Waals surface area (Å²) in [5.41, 5.74) is 5.93. The molecule has 0 aliphatic rings. The van der Waals surface area contributed by atoms with E-state index >= 15 is 0 Å². The molecule has 0 radical (unpaired) electrons. The first-order chi connectivity index (χ1) is 12.8. The van der Waals surface area contributed by atoms with Gasteiger partial charge in [-0.15, -0.1) is 11.3 Å². The minimum atomic E-state index is -0.743. The van der Waals surface area contributed by atoms with Gasteiger partial charge < -0.3 is 5.32 Å². The number of hydrogen-bond acceptors (Lipinski definition) is 5. The van der Waals surface area contributed by atoms with Crippen LogP contribution in [-0.4, -0.2) is 28.7 Å². The molecule has 3 amide bonds. The zero-order valence-corrected chi connectivity index (χ0v) is 16.0. The van der Waals surface area contributed by atoms with Crippen LogP contribution in [-0.2, 0) is 20.8 Å². The number of aromatic nitrogens is 1. The number of thiazole rings is 1. The second-order valence-electron chi connectivity index (χ2n) is 6.29. The molecule has 0 saturated heterocycles. The van der Waals surface area contributed by atoms with Crippen LogP contribution in [0.15, 0.2) is 29.6 Å². The van der Waals surface area contributed by atoms with Gasteiger partial charge in [0.2, 0.25) is 11.8 Å². The first kappa shape index (κ1) is 20.5. The Kier molecular flexibility index (Phi) is 7.00. The SMILES string of the molecule is CC(=O)N[C@@H](C(=O)NNC(=O)Cc1csc(-c2ccc(F)cc2)n1)C(C)C. The van der Waals surface area contributed by atoms with Gasteiger partial charge >= 0.3 is 0 Å². The molecule has 0 aliphatic carbocycles. The zero-order valence-electron chi connectivity index (χ0n) is 15.2. The highest BCUT2D eigenvalue weighted by molar-refractivity contribution is 7.13. The molecule has 7 nitrogen and oxygen atoms in total. The molecule has 1 heterocycles. The average molecular weight is 392 g/mol. The van der Waals surface area contributed by atoms with Crippen LogP contribution in [0.2, 0.25) is 0 Å². The molecule has 144 valence electrons. The standard InChI is InChI=1S/C18H21FN4O3S/c1-10(2)16(20-11(3)24)17(26)23-22-15(25)8-14-9-27-18(21-14)12-4-6-13(19)7-5-12/h4-7,9-10,16H,8H2,1-3H3,(H,20,24)(H,22,25)(H,23,26)/t16-/m1/s1. The molecule has 0 spiro atoms. The molecule has 1 aromatic carbocycles. The molecule has 0 fully saturated rings. The van der Waals surface area contributed by atoms with Crippen LogP contribution in [0.4, 0.5) is 4.39 Å². The van der Waals surface area contributed by atoms with Crippen molar-refractivity contribution in [1.82, 2.24) is 21.2 Å². The summed E-state index contributed by atoms with van der Waals surface area (Å²) in [6.07, 6.45) is -0.0234. The predicted octanol–water partition coefficient (Wildman–Crippen LogP) is 1.80. The molecular formula is C18H21FN4O3S. The Morgan fingerprint density at radius 3 is 2.41 bits per heavy atom. The van der Waals surface area contributed by atoms with Gasteiger partial charge in [0.1, 0.15) is 16.9 Å². The molecule has 0 unspecified atom stereocenters. The maximum absolute atomic E-state index is 13.0. The molecule has 3 N–H and O–H groups in total. The van der Waals surface area contributed by atoms with Gasteiger partial charge in [-0.1, -0.05) is 13.8 Å². The van der Waals surface area contributed by atoms with E-state index in [4.69, 9.17) is 0 Å². The fourth-order valence-electron chi connectivity index (χ4n) is 2.28. The van der Waals surface area contributed by atoms with Crippen molar-refractivity contribution in [2.24, 2.45) is 5.92 Å². The highest BCUT2D eigenvalue weighted by Crippen LogP contribution is 2.24. The lowest BCUT2D eigenvalue weighted by atomic mass is 10.0. The van der Waals surface area contributed by atoms with Gasteiger partial charge in [-0.2, -0.15) is 0 Å². The number of amides is 3. The van der Waals surface area contributed by atoms with Crippen LogP contribution in [0.3, 0.4) is 0 Å². The van der Waals surface area contributed by atoms with Gasteiger partial charge in [0.25, 0.3) is 5.91 Å². The summed E-state index contributed by atoms with van der Waals surface area (Å²) in [5, 5.41) is 4.94. The lowest BCUT2D eigenvalue weighted by Crippen LogP contribution is -2.54. The normalized spacial score (nSPS) is 11.7. The number of halogens is 1. The predicted molar refractivity (Wildman–Crippen MR) is 99.9 cm³/mol. The van der Waals surface area contributed by atoms with E-state index in [1.54, 1.807) is 31.4 Å². The monoisotopic (exact) mass is 392 g/mol. The fourth-order valence-corrected chi connectivity index (χ4v) is 3.11. The lowest BCUT2D eigenvalue weighted by molar-refractivity contribution is -0.132. The van der Waals surface area contributed by atoms with Gasteiger partial charge in [0.15, 0.2) is 0 Å². The van der Waals surface area contributed by atoms with Gasteiger partial charge in [0, 0.05) is 17.9 Å². The Labute approximate surface area is 160 Å². The van der Waals surface area contributed by atoms with Crippen LogP contribution in [0.25, 0.3) is 10.6 Å². The van der Waals surface area contributed by atoms with Gasteiger partial charge in [-0.05, 0) is 30.2 Å². The molecule has 1 aromatic heterocycles. The molecule has 1 atom stereocenters. The molecule has 2 rings (SSSR count). The summed E-state index contributed by atoms with van der Waals surface area (Å²) >= 11 is 1.34. The van der Waals surface area contributed by atoms with Crippen LogP contribution >= 0.6 is 11.3 Å². The first-order valence-corrected chi connectivity index (χ1v) is 9.20. The van der Waals surface area contributed by atoms with Crippen molar-refractivity contribution in [2.45, 2.75) is 33.2 Å². The van der Waals surface area contributed by atoms with E-state index in [0.29, 0.717) is 10.7 Å². The van der Waals surface area contributed by atoms with Crippen LogP contribution in [0, 0.1) is 11.7 Å². The highest BCUT2D eigenvalue weighted by Gasteiger charge is 2.23. The number of benzene rings is 1. The fraction of sp³-hybridized carbons (Fsp3) is 0.333. The number of nitrogens with one attached hydrogen (secondary N) is 3. The number of carbonyl (C=O) groups is 3. The van der Waals surface area contributed by atoms with Gasteiger partial charge in [0.05, 0.1) is 12.1 Å². The molecule has 27 heavy (non-hydrogen) atoms. The molecule has 9 heteroatoms. The maximum Gasteiger partial charge on any atom is 0.261 e. The van der Waals surface area contributed by atoms with Crippen molar-refractivity contribution in [3.05, 3.63) is 41.2 Å². The Morgan fingerprint density at radius 2 is 1.81 bits per heavy atom. The molecule has 0 bridgehead atoms. The Bertz CT molecular complexity index is 820. The summed E-state index contributed by atoms with van der Waals surface area (Å²) < 4.78 is 13.0. The molecule has 0 saturated carbocycles. The summed E-state index contributed by atoms with van der Waals surface area (Å²) in [7, 11) is 0. The third-order valence-corrected chi connectivity index (χ3v) is 4.56. The van der Waals surface area contributed by atoms with Crippen molar-refractivity contribution < 1.29 is 18.8 Å². The van der Waals surface area contributed by atoms with E-state index in [-0.39, 0.29) is 24.1 Å². The van der Waals surface area contributed by atoms with E-state index in [1.807, 2.05) is 0 Å². The zero-order chi connectivity index (χ0) is 20.0. The maximum atomic E-state index is 13.0. The van der Waals surface area contributed by atoms with E-state index in [1.165, 1.54) is 30.4 Å². The van der Waals surface area contributed by atoms with Crippen molar-refractivity contribution in [2.75, 3.05) is 0 Å². The van der Waals surface area contributed by atoms with E-state index in [9.17, 15) is 18.8 Å². The largest absolute Gasteiger partial charge is 0.344 e. The number of hydrogen-bond donors (Lipinski definition) is 3. The second kappa shape index (κ2) is 9.22. The van der Waals surface area contributed by atoms with Crippen LogP contribution in [0.5, 0.6) is 0 Å². The topological polar surface area (TPSA) is 100 Å². The van der Waals surface area contributed by atoms with Crippen LogP contribution < -0.4 is 16.2 Å². The Balaban J connectivity index is 1.89.